The molecule has 5 rings (SSSR count). The highest BCUT2D eigenvalue weighted by atomic mass is 16.4. The molecule has 1 aliphatic heterocycles. The fourth-order valence-electron chi connectivity index (χ4n) is 5.89. The van der Waals surface area contributed by atoms with E-state index in [0.717, 1.165) is 22.3 Å². The minimum atomic E-state index is -1.26. The number of carbonyl (C=O) groups excluding carboxylic acids is 1. The third kappa shape index (κ3) is 7.31. The van der Waals surface area contributed by atoms with Crippen LogP contribution >= 0.6 is 0 Å². The van der Waals surface area contributed by atoms with Gasteiger partial charge in [0.15, 0.2) is 0 Å². The Bertz CT molecular complexity index is 1460. The summed E-state index contributed by atoms with van der Waals surface area (Å²) in [6.07, 6.45) is 0.784. The van der Waals surface area contributed by atoms with Crippen molar-refractivity contribution < 1.29 is 25.4 Å². The van der Waals surface area contributed by atoms with Gasteiger partial charge in [-0.3, -0.25) is 0 Å². The van der Waals surface area contributed by atoms with Crippen molar-refractivity contribution in [2.75, 3.05) is 0 Å². The molecule has 1 aliphatic rings. The van der Waals surface area contributed by atoms with E-state index >= 15 is 0 Å². The molecule has 2 amide bonds. The normalized spacial score (nSPS) is 20.8. The van der Waals surface area contributed by atoms with Gasteiger partial charge in [0.2, 0.25) is 0 Å². The Kier molecular flexibility index (Phi) is 10.0. The zero-order valence-electron chi connectivity index (χ0n) is 24.2. The molecule has 0 bridgehead atoms. The maximum absolute atomic E-state index is 14.8. The van der Waals surface area contributed by atoms with Gasteiger partial charge in [-0.15, -0.1) is 0 Å². The van der Waals surface area contributed by atoms with Crippen molar-refractivity contribution in [3.8, 4) is 0 Å². The molecule has 1 fully saturated rings. The van der Waals surface area contributed by atoms with Crippen LogP contribution in [0.5, 0.6) is 0 Å². The molecule has 4 aromatic rings. The summed E-state index contributed by atoms with van der Waals surface area (Å²) in [5.74, 6) is 0. The number of aliphatic hydroxyl groups excluding tert-OH is 2. The minimum absolute atomic E-state index is 0.152. The highest BCUT2D eigenvalue weighted by Crippen LogP contribution is 2.30. The Hall–Kier alpha value is -4.99. The van der Waals surface area contributed by atoms with E-state index in [1.54, 1.807) is 21.9 Å². The van der Waals surface area contributed by atoms with Crippen LogP contribution in [-0.4, -0.2) is 73.2 Å². The van der Waals surface area contributed by atoms with Crippen molar-refractivity contribution in [2.45, 2.75) is 50.2 Å². The Morgan fingerprint density at radius 1 is 0.568 bits per heavy atom. The first-order valence-electron chi connectivity index (χ1n) is 14.5. The molecule has 1 saturated heterocycles. The van der Waals surface area contributed by atoms with Crippen molar-refractivity contribution in [1.82, 2.24) is 9.80 Å². The van der Waals surface area contributed by atoms with Gasteiger partial charge < -0.3 is 30.4 Å². The molecule has 0 aromatic heterocycles. The molecule has 1 heterocycles. The van der Waals surface area contributed by atoms with Crippen molar-refractivity contribution in [3.05, 3.63) is 143 Å². The number of hydrogen-bond donors (Lipinski definition) is 4. The highest BCUT2D eigenvalue weighted by Gasteiger charge is 2.46. The van der Waals surface area contributed by atoms with E-state index in [9.17, 15) is 15.0 Å². The zero-order valence-corrected chi connectivity index (χ0v) is 24.2. The molecule has 4 N–H and O–H groups in total. The largest absolute Gasteiger partial charge is 0.411 e. The molecule has 9 nitrogen and oxygen atoms in total. The number of amides is 2. The average Bonchev–Trinajstić information content (AvgIpc) is 3.10. The Morgan fingerprint density at radius 3 is 1.34 bits per heavy atom. The van der Waals surface area contributed by atoms with E-state index < -0.39 is 24.3 Å². The van der Waals surface area contributed by atoms with Gasteiger partial charge in [0, 0.05) is 13.1 Å². The second-order valence-corrected chi connectivity index (χ2v) is 11.0. The average molecular weight is 593 g/mol. The van der Waals surface area contributed by atoms with Gasteiger partial charge in [0.1, 0.15) is 12.2 Å². The van der Waals surface area contributed by atoms with Gasteiger partial charge in [-0.25, -0.2) is 4.79 Å². The summed E-state index contributed by atoms with van der Waals surface area (Å²) in [7, 11) is 0. The molecule has 226 valence electrons. The molecule has 0 aliphatic carbocycles. The van der Waals surface area contributed by atoms with Gasteiger partial charge in [0.05, 0.1) is 24.5 Å². The van der Waals surface area contributed by atoms with Crippen LogP contribution in [0.4, 0.5) is 4.79 Å². The first-order valence-corrected chi connectivity index (χ1v) is 14.5. The molecule has 0 unspecified atom stereocenters. The van der Waals surface area contributed by atoms with Crippen LogP contribution in [0.25, 0.3) is 0 Å². The Morgan fingerprint density at radius 2 is 0.955 bits per heavy atom. The first-order chi connectivity index (χ1) is 21.5. The second kappa shape index (κ2) is 14.5. The predicted octanol–water partition coefficient (Wildman–Crippen LogP) is 4.69. The minimum Gasteiger partial charge on any atom is -0.411 e. The van der Waals surface area contributed by atoms with E-state index in [2.05, 4.69) is 10.3 Å². The topological polar surface area (TPSA) is 129 Å². The molecule has 0 spiro atoms. The number of oxime groups is 2. The Balaban J connectivity index is 1.60. The lowest BCUT2D eigenvalue weighted by molar-refractivity contribution is -0.0408. The van der Waals surface area contributed by atoms with Crippen LogP contribution in [0.3, 0.4) is 0 Å². The summed E-state index contributed by atoms with van der Waals surface area (Å²) in [6, 6.07) is 32.0. The summed E-state index contributed by atoms with van der Waals surface area (Å²) >= 11 is 0. The van der Waals surface area contributed by atoms with Crippen molar-refractivity contribution in [2.24, 2.45) is 10.3 Å². The molecule has 0 radical (unpaired) electrons. The van der Waals surface area contributed by atoms with Crippen LogP contribution < -0.4 is 0 Å². The number of rotatable bonds is 10. The molecule has 4 aromatic carbocycles. The summed E-state index contributed by atoms with van der Waals surface area (Å²) in [5, 5.41) is 48.1. The molecule has 0 saturated carbocycles. The number of nitrogens with zero attached hydrogens (tertiary/aromatic N) is 4. The van der Waals surface area contributed by atoms with Crippen molar-refractivity contribution in [3.63, 3.8) is 0 Å². The lowest BCUT2D eigenvalue weighted by atomic mass is 9.91. The number of aliphatic hydroxyl groups is 2. The van der Waals surface area contributed by atoms with Crippen LogP contribution in [0.1, 0.15) is 33.4 Å². The lowest BCUT2D eigenvalue weighted by Gasteiger charge is -2.36. The number of urea groups is 1. The van der Waals surface area contributed by atoms with E-state index in [-0.39, 0.29) is 19.1 Å². The second-order valence-electron chi connectivity index (χ2n) is 11.0. The van der Waals surface area contributed by atoms with Gasteiger partial charge in [-0.2, -0.15) is 0 Å². The predicted molar refractivity (Wildman–Crippen MR) is 168 cm³/mol. The van der Waals surface area contributed by atoms with E-state index in [1.165, 1.54) is 12.4 Å². The lowest BCUT2D eigenvalue weighted by Crippen LogP contribution is -2.50. The summed E-state index contributed by atoms with van der Waals surface area (Å²) in [5.41, 5.74) is 4.72. The molecule has 44 heavy (non-hydrogen) atoms. The van der Waals surface area contributed by atoms with Crippen LogP contribution in [0, 0.1) is 0 Å². The molecule has 4 atom stereocenters. The van der Waals surface area contributed by atoms with E-state index in [4.69, 9.17) is 10.4 Å². The smallest absolute Gasteiger partial charge is 0.321 e. The molecular weight excluding hydrogens is 556 g/mol. The van der Waals surface area contributed by atoms with Gasteiger partial charge in [0.25, 0.3) is 0 Å². The highest BCUT2D eigenvalue weighted by molar-refractivity contribution is 5.80. The first kappa shape index (κ1) is 30.5. The summed E-state index contributed by atoms with van der Waals surface area (Å²) in [6.45, 7) is 0.304. The van der Waals surface area contributed by atoms with Crippen molar-refractivity contribution in [1.29, 1.82) is 0 Å². The standard InChI is InChI=1S/C35H36N4O5/c40-33-31(19-25-9-3-1-4-10-25)38(23-29-15-7-13-27(17-29)21-36-43)35(42)39(24-30-16-8-14-28(18-30)22-37-44)32(34(33)41)20-26-11-5-2-6-12-26/h1-18,21-22,31-34,40-41,43-44H,19-20,23-24H2/t31-,32-,33+,34+/m1/s1. The van der Waals surface area contributed by atoms with E-state index in [0.29, 0.717) is 24.0 Å². The third-order valence-electron chi connectivity index (χ3n) is 8.03. The Labute approximate surface area is 256 Å². The van der Waals surface area contributed by atoms with Crippen LogP contribution in [0.2, 0.25) is 0 Å². The fourth-order valence-corrected chi connectivity index (χ4v) is 5.89. The number of hydrogen-bond acceptors (Lipinski definition) is 7. The van der Waals surface area contributed by atoms with Crippen LogP contribution in [0.15, 0.2) is 120 Å². The van der Waals surface area contributed by atoms with Crippen LogP contribution in [-0.2, 0) is 25.9 Å². The quantitative estimate of drug-likeness (QED) is 0.121. The van der Waals surface area contributed by atoms with Gasteiger partial charge in [-0.1, -0.05) is 107 Å². The number of carbonyl (C=O) groups is 1. The van der Waals surface area contributed by atoms with Gasteiger partial charge in [-0.05, 0) is 58.4 Å². The molecule has 9 heteroatoms. The maximum Gasteiger partial charge on any atom is 0.321 e. The summed E-state index contributed by atoms with van der Waals surface area (Å²) < 4.78 is 0. The fraction of sp³-hybridized carbons (Fsp3) is 0.229. The van der Waals surface area contributed by atoms with E-state index in [1.807, 2.05) is 97.1 Å². The maximum atomic E-state index is 14.8. The van der Waals surface area contributed by atoms with Gasteiger partial charge >= 0.3 is 6.03 Å². The number of benzene rings is 4. The van der Waals surface area contributed by atoms with Crippen molar-refractivity contribution >= 4 is 18.5 Å². The monoisotopic (exact) mass is 592 g/mol. The molecular formula is C35H36N4O5. The SMILES string of the molecule is O=C1N(Cc2cccc(C=NO)c2)[C@H](Cc2ccccc2)[C@H](O)[C@@H](O)[C@@H](Cc2ccccc2)N1Cc1cccc(C=NO)c1. The zero-order chi connectivity index (χ0) is 30.9. The summed E-state index contributed by atoms with van der Waals surface area (Å²) in [4.78, 5) is 18.0. The third-order valence-corrected chi connectivity index (χ3v) is 8.03.